The van der Waals surface area contributed by atoms with Crippen molar-refractivity contribution in [2.45, 2.75) is 33.2 Å². The van der Waals surface area contributed by atoms with Gasteiger partial charge in [-0.3, -0.25) is 0 Å². The highest BCUT2D eigenvalue weighted by Gasteiger charge is 2.23. The predicted octanol–water partition coefficient (Wildman–Crippen LogP) is 1.75. The highest BCUT2D eigenvalue weighted by atomic mass is 15.3. The van der Waals surface area contributed by atoms with E-state index in [-0.39, 0.29) is 0 Å². The molecule has 1 atom stereocenters. The van der Waals surface area contributed by atoms with E-state index < -0.39 is 0 Å². The first-order chi connectivity index (χ1) is 9.13. The minimum atomic E-state index is 0.565. The highest BCUT2D eigenvalue weighted by Crippen LogP contribution is 2.24. The van der Waals surface area contributed by atoms with Gasteiger partial charge in [0.1, 0.15) is 18.0 Å². The molecule has 1 aromatic rings. The van der Waals surface area contributed by atoms with Crippen molar-refractivity contribution in [1.82, 2.24) is 14.9 Å². The van der Waals surface area contributed by atoms with Crippen molar-refractivity contribution in [3.05, 3.63) is 11.9 Å². The van der Waals surface area contributed by atoms with Crippen molar-refractivity contribution < 1.29 is 0 Å². The first-order valence-corrected chi connectivity index (χ1v) is 7.14. The molecule has 1 fully saturated rings. The zero-order valence-electron chi connectivity index (χ0n) is 12.5. The van der Waals surface area contributed by atoms with Crippen LogP contribution in [0.1, 0.15) is 25.8 Å². The van der Waals surface area contributed by atoms with Gasteiger partial charge in [0.2, 0.25) is 0 Å². The molecular formula is C14H25N5. The average molecular weight is 263 g/mol. The van der Waals surface area contributed by atoms with Gasteiger partial charge in [0.05, 0.1) is 0 Å². The molecule has 0 aliphatic carbocycles. The summed E-state index contributed by atoms with van der Waals surface area (Å²) in [6.07, 6.45) is 2.77. The van der Waals surface area contributed by atoms with E-state index in [9.17, 15) is 0 Å². The van der Waals surface area contributed by atoms with Crippen LogP contribution in [0.15, 0.2) is 6.33 Å². The summed E-state index contributed by atoms with van der Waals surface area (Å²) in [6, 6.07) is 0.565. The summed E-state index contributed by atoms with van der Waals surface area (Å²) in [5, 5.41) is 3.37. The smallest absolute Gasteiger partial charge is 0.137 e. The van der Waals surface area contributed by atoms with E-state index in [0.717, 1.165) is 49.8 Å². The molecule has 5 heteroatoms. The fourth-order valence-electron chi connectivity index (χ4n) is 2.42. The Kier molecular flexibility index (Phi) is 4.58. The fourth-order valence-corrected chi connectivity index (χ4v) is 2.42. The molecule has 2 heterocycles. The van der Waals surface area contributed by atoms with Crippen molar-refractivity contribution in [1.29, 1.82) is 0 Å². The number of nitrogens with one attached hydrogen (secondary N) is 1. The first-order valence-electron chi connectivity index (χ1n) is 7.14. The maximum absolute atomic E-state index is 4.49. The predicted molar refractivity (Wildman–Crippen MR) is 79.9 cm³/mol. The van der Waals surface area contributed by atoms with Crippen LogP contribution in [0.3, 0.4) is 0 Å². The number of nitrogens with zero attached hydrogens (tertiary/aromatic N) is 4. The standard InChI is InChI=1S/C14H25N5/c1-5-6-15-13-12(3)14(17-10-16-13)19-8-7-18(4)11(2)9-19/h10-11H,5-9H2,1-4H3,(H,15,16,17). The van der Waals surface area contributed by atoms with E-state index >= 15 is 0 Å². The molecule has 1 aromatic heterocycles. The van der Waals surface area contributed by atoms with Crippen molar-refractivity contribution in [3.8, 4) is 0 Å². The minimum Gasteiger partial charge on any atom is -0.370 e. The summed E-state index contributed by atoms with van der Waals surface area (Å²) >= 11 is 0. The van der Waals surface area contributed by atoms with Gasteiger partial charge < -0.3 is 15.1 Å². The average Bonchev–Trinajstić information content (AvgIpc) is 2.41. The number of anilines is 2. The summed E-state index contributed by atoms with van der Waals surface area (Å²) in [4.78, 5) is 13.6. The maximum Gasteiger partial charge on any atom is 0.137 e. The van der Waals surface area contributed by atoms with E-state index in [4.69, 9.17) is 0 Å². The van der Waals surface area contributed by atoms with Gasteiger partial charge in [-0.05, 0) is 27.3 Å². The zero-order chi connectivity index (χ0) is 13.8. The Morgan fingerprint density at radius 2 is 2.16 bits per heavy atom. The highest BCUT2D eigenvalue weighted by molar-refractivity contribution is 5.58. The quantitative estimate of drug-likeness (QED) is 0.896. The summed E-state index contributed by atoms with van der Waals surface area (Å²) in [5.41, 5.74) is 1.16. The second kappa shape index (κ2) is 6.19. The molecule has 1 N–H and O–H groups in total. The van der Waals surface area contributed by atoms with Crippen LogP contribution in [0.5, 0.6) is 0 Å². The summed E-state index contributed by atoms with van der Waals surface area (Å²) in [6.45, 7) is 10.6. The number of hydrogen-bond acceptors (Lipinski definition) is 5. The van der Waals surface area contributed by atoms with Gasteiger partial charge in [0, 0.05) is 37.8 Å². The molecule has 106 valence electrons. The molecule has 1 aliphatic rings. The monoisotopic (exact) mass is 263 g/mol. The molecule has 5 nitrogen and oxygen atoms in total. The van der Waals surface area contributed by atoms with Crippen LogP contribution in [0.4, 0.5) is 11.6 Å². The first kappa shape index (κ1) is 14.1. The van der Waals surface area contributed by atoms with E-state index in [1.165, 1.54) is 0 Å². The third-order valence-electron chi connectivity index (χ3n) is 3.86. The molecule has 0 aromatic carbocycles. The molecule has 0 saturated carbocycles. The Bertz CT molecular complexity index is 420. The van der Waals surface area contributed by atoms with Crippen LogP contribution in [0.2, 0.25) is 0 Å². The number of aromatic nitrogens is 2. The van der Waals surface area contributed by atoms with Crippen molar-refractivity contribution in [2.75, 3.05) is 43.4 Å². The Labute approximate surface area is 116 Å². The number of piperazine rings is 1. The van der Waals surface area contributed by atoms with Crippen LogP contribution < -0.4 is 10.2 Å². The van der Waals surface area contributed by atoms with Gasteiger partial charge in [-0.1, -0.05) is 6.92 Å². The van der Waals surface area contributed by atoms with Gasteiger partial charge in [-0.2, -0.15) is 0 Å². The zero-order valence-corrected chi connectivity index (χ0v) is 12.5. The Hall–Kier alpha value is -1.36. The summed E-state index contributed by atoms with van der Waals surface area (Å²) in [7, 11) is 2.18. The summed E-state index contributed by atoms with van der Waals surface area (Å²) < 4.78 is 0. The van der Waals surface area contributed by atoms with E-state index in [0.29, 0.717) is 6.04 Å². The Morgan fingerprint density at radius 1 is 1.37 bits per heavy atom. The normalized spacial score (nSPS) is 20.6. The molecule has 0 amide bonds. The third-order valence-corrected chi connectivity index (χ3v) is 3.86. The molecule has 0 radical (unpaired) electrons. The van der Waals surface area contributed by atoms with Crippen LogP contribution in [-0.2, 0) is 0 Å². The summed E-state index contributed by atoms with van der Waals surface area (Å²) in [5.74, 6) is 2.05. The van der Waals surface area contributed by atoms with Gasteiger partial charge in [0.25, 0.3) is 0 Å². The molecular weight excluding hydrogens is 238 g/mol. The second-order valence-corrected chi connectivity index (χ2v) is 5.37. The SMILES string of the molecule is CCCNc1ncnc(N2CCN(C)C(C)C2)c1C. The largest absolute Gasteiger partial charge is 0.370 e. The minimum absolute atomic E-state index is 0.565. The molecule has 0 bridgehead atoms. The topological polar surface area (TPSA) is 44.3 Å². The Balaban J connectivity index is 2.16. The lowest BCUT2D eigenvalue weighted by atomic mass is 10.2. The second-order valence-electron chi connectivity index (χ2n) is 5.37. The Morgan fingerprint density at radius 3 is 2.84 bits per heavy atom. The van der Waals surface area contributed by atoms with Crippen molar-refractivity contribution >= 4 is 11.6 Å². The maximum atomic E-state index is 4.49. The molecule has 1 saturated heterocycles. The molecule has 2 rings (SSSR count). The lowest BCUT2D eigenvalue weighted by Gasteiger charge is -2.38. The van der Waals surface area contributed by atoms with Crippen molar-refractivity contribution in [3.63, 3.8) is 0 Å². The van der Waals surface area contributed by atoms with Crippen LogP contribution in [0, 0.1) is 6.92 Å². The number of hydrogen-bond donors (Lipinski definition) is 1. The van der Waals surface area contributed by atoms with Gasteiger partial charge >= 0.3 is 0 Å². The molecule has 1 aliphatic heterocycles. The lowest BCUT2D eigenvalue weighted by Crippen LogP contribution is -2.50. The fraction of sp³-hybridized carbons (Fsp3) is 0.714. The van der Waals surface area contributed by atoms with E-state index in [1.54, 1.807) is 6.33 Å². The van der Waals surface area contributed by atoms with Gasteiger partial charge in [-0.15, -0.1) is 0 Å². The number of likely N-dealkylation sites (N-methyl/N-ethyl adjacent to an activating group) is 1. The van der Waals surface area contributed by atoms with Gasteiger partial charge in [0.15, 0.2) is 0 Å². The third kappa shape index (κ3) is 3.15. The van der Waals surface area contributed by atoms with Gasteiger partial charge in [-0.25, -0.2) is 9.97 Å². The van der Waals surface area contributed by atoms with E-state index in [2.05, 4.69) is 52.9 Å². The lowest BCUT2D eigenvalue weighted by molar-refractivity contribution is 0.233. The molecule has 19 heavy (non-hydrogen) atoms. The van der Waals surface area contributed by atoms with Crippen LogP contribution in [0.25, 0.3) is 0 Å². The van der Waals surface area contributed by atoms with Crippen molar-refractivity contribution in [2.24, 2.45) is 0 Å². The van der Waals surface area contributed by atoms with E-state index in [1.807, 2.05) is 0 Å². The number of rotatable bonds is 4. The molecule has 0 spiro atoms. The molecule has 1 unspecified atom stereocenters. The van der Waals surface area contributed by atoms with Crippen LogP contribution >= 0.6 is 0 Å². The van der Waals surface area contributed by atoms with Crippen LogP contribution in [-0.4, -0.2) is 54.1 Å².